The highest BCUT2D eigenvalue weighted by Gasteiger charge is 2.36. The lowest BCUT2D eigenvalue weighted by molar-refractivity contribution is -0.142. The smallest absolute Gasteiger partial charge is 0.378 e. The van der Waals surface area contributed by atoms with Gasteiger partial charge in [0.05, 0.1) is 31.0 Å². The van der Waals surface area contributed by atoms with Crippen LogP contribution in [-0.4, -0.2) is 51.7 Å². The molecule has 0 spiro atoms. The molecule has 1 aromatic carbocycles. The van der Waals surface area contributed by atoms with E-state index in [-0.39, 0.29) is 34.4 Å². The van der Waals surface area contributed by atoms with Crippen LogP contribution in [0.5, 0.6) is 0 Å². The van der Waals surface area contributed by atoms with Gasteiger partial charge < -0.3 is 9.64 Å². The summed E-state index contributed by atoms with van der Waals surface area (Å²) in [5.74, 6) is -0.268. The van der Waals surface area contributed by atoms with E-state index in [1.165, 1.54) is 0 Å². The van der Waals surface area contributed by atoms with Gasteiger partial charge in [0.25, 0.3) is 0 Å². The first-order valence-electron chi connectivity index (χ1n) is 8.91. The largest absolute Gasteiger partial charge is 0.433 e. The molecule has 10 heteroatoms. The number of fused-ring (bicyclic) bond motifs is 1. The first-order valence-corrected chi connectivity index (χ1v) is 9.28. The first-order chi connectivity index (χ1) is 13.8. The van der Waals surface area contributed by atoms with Gasteiger partial charge in [-0.3, -0.25) is 4.79 Å². The fraction of sp³-hybridized carbons (Fsp3) is 0.316. The predicted molar refractivity (Wildman–Crippen MR) is 99.5 cm³/mol. The van der Waals surface area contributed by atoms with Crippen LogP contribution < -0.4 is 0 Å². The lowest BCUT2D eigenvalue weighted by Gasteiger charge is -2.26. The third kappa shape index (κ3) is 3.92. The summed E-state index contributed by atoms with van der Waals surface area (Å²) in [6, 6.07) is 9.42. The van der Waals surface area contributed by atoms with E-state index >= 15 is 0 Å². The fourth-order valence-corrected chi connectivity index (χ4v) is 3.40. The molecule has 0 unspecified atom stereocenters. The minimum absolute atomic E-state index is 0.0603. The van der Waals surface area contributed by atoms with Crippen molar-refractivity contribution in [2.45, 2.75) is 12.6 Å². The van der Waals surface area contributed by atoms with Gasteiger partial charge in [0.1, 0.15) is 5.02 Å². The summed E-state index contributed by atoms with van der Waals surface area (Å²) in [6.07, 6.45) is -4.88. The summed E-state index contributed by atoms with van der Waals surface area (Å²) in [5.41, 5.74) is -0.438. The van der Waals surface area contributed by atoms with Crippen LogP contribution in [0.2, 0.25) is 5.02 Å². The van der Waals surface area contributed by atoms with E-state index in [9.17, 15) is 18.0 Å². The van der Waals surface area contributed by atoms with Gasteiger partial charge in [-0.1, -0.05) is 41.9 Å². The number of nitrogens with zero attached hydrogens (tertiary/aromatic N) is 4. The number of alkyl halides is 3. The monoisotopic (exact) mass is 424 g/mol. The van der Waals surface area contributed by atoms with Crippen LogP contribution in [0, 0.1) is 0 Å². The summed E-state index contributed by atoms with van der Waals surface area (Å²) < 4.78 is 46.9. The molecule has 4 rings (SSSR count). The molecule has 152 valence electrons. The van der Waals surface area contributed by atoms with E-state index < -0.39 is 11.9 Å². The number of amides is 1. The Morgan fingerprint density at radius 3 is 2.52 bits per heavy atom. The highest BCUT2D eigenvalue weighted by atomic mass is 35.5. The van der Waals surface area contributed by atoms with Crippen molar-refractivity contribution in [3.63, 3.8) is 0 Å². The van der Waals surface area contributed by atoms with Gasteiger partial charge in [0.15, 0.2) is 11.3 Å². The van der Waals surface area contributed by atoms with Crippen molar-refractivity contribution in [2.75, 3.05) is 26.3 Å². The third-order valence-corrected chi connectivity index (χ3v) is 5.03. The molecule has 0 radical (unpaired) electrons. The Kier molecular flexibility index (Phi) is 5.18. The summed E-state index contributed by atoms with van der Waals surface area (Å²) in [4.78, 5) is 18.4. The van der Waals surface area contributed by atoms with E-state index in [2.05, 4.69) is 10.1 Å². The van der Waals surface area contributed by atoms with Crippen LogP contribution in [0.25, 0.3) is 16.9 Å². The average molecular weight is 425 g/mol. The maximum absolute atomic E-state index is 13.7. The van der Waals surface area contributed by atoms with Crippen LogP contribution in [0.4, 0.5) is 13.2 Å². The zero-order chi connectivity index (χ0) is 20.6. The van der Waals surface area contributed by atoms with Crippen LogP contribution >= 0.6 is 11.6 Å². The molecular formula is C19H16ClF3N4O2. The molecule has 1 aliphatic heterocycles. The van der Waals surface area contributed by atoms with Crippen molar-refractivity contribution in [1.82, 2.24) is 19.5 Å². The number of hydrogen-bond donors (Lipinski definition) is 0. The minimum Gasteiger partial charge on any atom is -0.378 e. The zero-order valence-corrected chi connectivity index (χ0v) is 15.9. The van der Waals surface area contributed by atoms with Gasteiger partial charge in [-0.25, -0.2) is 9.50 Å². The number of halogens is 4. The molecule has 1 fully saturated rings. The van der Waals surface area contributed by atoms with Crippen molar-refractivity contribution < 1.29 is 22.7 Å². The minimum atomic E-state index is -4.68. The van der Waals surface area contributed by atoms with E-state index in [0.29, 0.717) is 36.4 Å². The topological polar surface area (TPSA) is 59.7 Å². The van der Waals surface area contributed by atoms with Crippen LogP contribution in [-0.2, 0) is 22.1 Å². The zero-order valence-electron chi connectivity index (χ0n) is 15.1. The van der Waals surface area contributed by atoms with Crippen LogP contribution in [0.3, 0.4) is 0 Å². The normalized spacial score (nSPS) is 15.1. The number of rotatable bonds is 3. The first kappa shape index (κ1) is 19.7. The van der Waals surface area contributed by atoms with Gasteiger partial charge in [0, 0.05) is 18.7 Å². The van der Waals surface area contributed by atoms with E-state index in [1.54, 1.807) is 35.2 Å². The molecule has 0 N–H and O–H groups in total. The number of ether oxygens (including phenoxy) is 1. The SMILES string of the molecule is O=C(Cc1nn2c(C(F)(F)F)cc(-c3ccccc3)nc2c1Cl)N1CCOCC1. The molecule has 3 aromatic rings. The highest BCUT2D eigenvalue weighted by Crippen LogP contribution is 2.34. The molecule has 2 aromatic heterocycles. The van der Waals surface area contributed by atoms with E-state index in [0.717, 1.165) is 6.07 Å². The van der Waals surface area contributed by atoms with Gasteiger partial charge in [-0.15, -0.1) is 0 Å². The predicted octanol–water partition coefficient (Wildman–Crippen LogP) is 3.47. The van der Waals surface area contributed by atoms with Gasteiger partial charge in [0.2, 0.25) is 5.91 Å². The lowest BCUT2D eigenvalue weighted by atomic mass is 10.1. The average Bonchev–Trinajstić information content (AvgIpc) is 3.03. The van der Waals surface area contributed by atoms with Gasteiger partial charge in [-0.05, 0) is 6.07 Å². The number of carbonyl (C=O) groups excluding carboxylic acids is 1. The number of hydrogen-bond acceptors (Lipinski definition) is 4. The van der Waals surface area contributed by atoms with Crippen molar-refractivity contribution in [3.8, 4) is 11.3 Å². The molecule has 29 heavy (non-hydrogen) atoms. The maximum atomic E-state index is 13.7. The van der Waals surface area contributed by atoms with Gasteiger partial charge in [-0.2, -0.15) is 18.3 Å². The Morgan fingerprint density at radius 1 is 1.17 bits per heavy atom. The molecule has 1 saturated heterocycles. The summed E-state index contributed by atoms with van der Waals surface area (Å²) in [6.45, 7) is 1.69. The molecule has 6 nitrogen and oxygen atoms in total. The molecule has 1 aliphatic rings. The van der Waals surface area contributed by atoms with E-state index in [4.69, 9.17) is 16.3 Å². The quantitative estimate of drug-likeness (QED) is 0.646. The standard InChI is InChI=1S/C19H16ClF3N4O2/c20-17-14(11-16(28)26-6-8-29-9-7-26)25-27-15(19(21,22)23)10-13(24-18(17)27)12-4-2-1-3-5-12/h1-5,10H,6-9,11H2. The fourth-order valence-electron chi connectivity index (χ4n) is 3.17. The Morgan fingerprint density at radius 2 is 1.86 bits per heavy atom. The summed E-state index contributed by atoms with van der Waals surface area (Å²) >= 11 is 6.31. The summed E-state index contributed by atoms with van der Waals surface area (Å²) in [7, 11) is 0. The second-order valence-corrected chi connectivity index (χ2v) is 6.93. The number of carbonyl (C=O) groups is 1. The summed E-state index contributed by atoms with van der Waals surface area (Å²) in [5, 5.41) is 3.91. The Bertz CT molecular complexity index is 1050. The molecule has 0 aliphatic carbocycles. The Balaban J connectivity index is 1.78. The van der Waals surface area contributed by atoms with E-state index in [1.807, 2.05) is 0 Å². The second kappa shape index (κ2) is 7.64. The number of benzene rings is 1. The molecule has 1 amide bonds. The van der Waals surface area contributed by atoms with Crippen molar-refractivity contribution in [1.29, 1.82) is 0 Å². The van der Waals surface area contributed by atoms with Crippen molar-refractivity contribution in [3.05, 3.63) is 52.8 Å². The molecule has 0 saturated carbocycles. The molecular weight excluding hydrogens is 409 g/mol. The molecule has 0 atom stereocenters. The Labute approximate surface area is 168 Å². The maximum Gasteiger partial charge on any atom is 0.433 e. The second-order valence-electron chi connectivity index (χ2n) is 6.56. The molecule has 0 bridgehead atoms. The van der Waals surface area contributed by atoms with Gasteiger partial charge >= 0.3 is 6.18 Å². The van der Waals surface area contributed by atoms with Crippen LogP contribution in [0.1, 0.15) is 11.4 Å². The number of aromatic nitrogens is 3. The van der Waals surface area contributed by atoms with Crippen molar-refractivity contribution >= 4 is 23.2 Å². The Hall–Kier alpha value is -2.65. The molecule has 3 heterocycles. The van der Waals surface area contributed by atoms with Crippen LogP contribution in [0.15, 0.2) is 36.4 Å². The lowest BCUT2D eigenvalue weighted by Crippen LogP contribution is -2.41. The highest BCUT2D eigenvalue weighted by molar-refractivity contribution is 6.34. The third-order valence-electron chi connectivity index (χ3n) is 4.64. The number of morpholine rings is 1. The van der Waals surface area contributed by atoms with Crippen molar-refractivity contribution in [2.24, 2.45) is 0 Å².